The van der Waals surface area contributed by atoms with Crippen LogP contribution in [-0.4, -0.2) is 6.04 Å². The highest BCUT2D eigenvalue weighted by molar-refractivity contribution is 6.33. The van der Waals surface area contributed by atoms with Crippen LogP contribution in [0.15, 0.2) is 18.2 Å². The maximum atomic E-state index is 9.01. The first-order valence-corrected chi connectivity index (χ1v) is 8.55. The second kappa shape index (κ2) is 10.5. The SMILES string of the molecule is CCCCCC(CCCCC)Nc1cc(C#N)ccc1Cl. The first-order chi connectivity index (χ1) is 10.2. The van der Waals surface area contributed by atoms with Gasteiger partial charge in [-0.1, -0.05) is 64.0 Å². The number of benzene rings is 1. The van der Waals surface area contributed by atoms with Crippen molar-refractivity contribution >= 4 is 17.3 Å². The Kier molecular flexibility index (Phi) is 8.94. The topological polar surface area (TPSA) is 35.8 Å². The summed E-state index contributed by atoms with van der Waals surface area (Å²) in [6.07, 6.45) is 9.87. The summed E-state index contributed by atoms with van der Waals surface area (Å²) in [6.45, 7) is 4.46. The number of anilines is 1. The lowest BCUT2D eigenvalue weighted by atomic mass is 10.0. The van der Waals surface area contributed by atoms with Crippen LogP contribution in [0, 0.1) is 11.3 Å². The van der Waals surface area contributed by atoms with E-state index in [0.29, 0.717) is 16.6 Å². The second-order valence-corrected chi connectivity index (χ2v) is 6.05. The average molecular weight is 307 g/mol. The number of nitrogens with zero attached hydrogens (tertiary/aromatic N) is 1. The molecule has 0 heterocycles. The molecular formula is C18H27ClN2. The zero-order valence-electron chi connectivity index (χ0n) is 13.3. The van der Waals surface area contributed by atoms with Crippen LogP contribution in [0.2, 0.25) is 5.02 Å². The van der Waals surface area contributed by atoms with Gasteiger partial charge in [0.15, 0.2) is 0 Å². The molecule has 0 aliphatic heterocycles. The minimum Gasteiger partial charge on any atom is -0.381 e. The molecule has 1 aromatic rings. The molecule has 0 aliphatic rings. The fraction of sp³-hybridized carbons (Fsp3) is 0.611. The Hall–Kier alpha value is -1.20. The van der Waals surface area contributed by atoms with Gasteiger partial charge in [-0.3, -0.25) is 0 Å². The van der Waals surface area contributed by atoms with E-state index in [0.717, 1.165) is 5.69 Å². The molecule has 0 spiro atoms. The van der Waals surface area contributed by atoms with Gasteiger partial charge in [0.25, 0.3) is 0 Å². The number of hydrogen-bond donors (Lipinski definition) is 1. The van der Waals surface area contributed by atoms with Crippen molar-refractivity contribution in [2.75, 3.05) is 5.32 Å². The third kappa shape index (κ3) is 6.87. The van der Waals surface area contributed by atoms with Crippen LogP contribution in [0.4, 0.5) is 5.69 Å². The Balaban J connectivity index is 2.67. The highest BCUT2D eigenvalue weighted by Crippen LogP contribution is 2.25. The highest BCUT2D eigenvalue weighted by atomic mass is 35.5. The van der Waals surface area contributed by atoms with Gasteiger partial charge in [-0.15, -0.1) is 0 Å². The minimum absolute atomic E-state index is 0.453. The van der Waals surface area contributed by atoms with Crippen molar-refractivity contribution in [3.05, 3.63) is 28.8 Å². The van der Waals surface area contributed by atoms with Crippen molar-refractivity contribution in [2.45, 2.75) is 71.3 Å². The first kappa shape index (κ1) is 17.9. The molecule has 0 amide bonds. The molecule has 116 valence electrons. The lowest BCUT2D eigenvalue weighted by molar-refractivity contribution is 0.526. The molecule has 1 N–H and O–H groups in total. The Morgan fingerprint density at radius 3 is 2.24 bits per heavy atom. The van der Waals surface area contributed by atoms with Crippen LogP contribution >= 0.6 is 11.6 Å². The fourth-order valence-electron chi connectivity index (χ4n) is 2.50. The molecule has 0 saturated heterocycles. The predicted octanol–water partition coefficient (Wildman–Crippen LogP) is 6.15. The van der Waals surface area contributed by atoms with E-state index in [9.17, 15) is 0 Å². The van der Waals surface area contributed by atoms with Gasteiger partial charge in [-0.05, 0) is 31.0 Å². The molecule has 3 heteroatoms. The van der Waals surface area contributed by atoms with Gasteiger partial charge in [-0.25, -0.2) is 0 Å². The smallest absolute Gasteiger partial charge is 0.0992 e. The van der Waals surface area contributed by atoms with Crippen LogP contribution in [0.3, 0.4) is 0 Å². The zero-order chi connectivity index (χ0) is 15.5. The average Bonchev–Trinajstić information content (AvgIpc) is 2.49. The van der Waals surface area contributed by atoms with Crippen LogP contribution < -0.4 is 5.32 Å². The summed E-state index contributed by atoms with van der Waals surface area (Å²) in [7, 11) is 0. The van der Waals surface area contributed by atoms with Gasteiger partial charge < -0.3 is 5.32 Å². The van der Waals surface area contributed by atoms with Crippen molar-refractivity contribution < 1.29 is 0 Å². The Morgan fingerprint density at radius 2 is 1.71 bits per heavy atom. The quantitative estimate of drug-likeness (QED) is 0.526. The summed E-state index contributed by atoms with van der Waals surface area (Å²) < 4.78 is 0. The highest BCUT2D eigenvalue weighted by Gasteiger charge is 2.11. The summed E-state index contributed by atoms with van der Waals surface area (Å²) in [6, 6.07) is 8.05. The van der Waals surface area contributed by atoms with Gasteiger partial charge in [0.2, 0.25) is 0 Å². The van der Waals surface area contributed by atoms with Crippen molar-refractivity contribution in [2.24, 2.45) is 0 Å². The van der Waals surface area contributed by atoms with Gasteiger partial charge in [0.05, 0.1) is 22.3 Å². The van der Waals surface area contributed by atoms with E-state index in [1.54, 1.807) is 12.1 Å². The number of halogens is 1. The first-order valence-electron chi connectivity index (χ1n) is 8.17. The molecule has 0 saturated carbocycles. The summed E-state index contributed by atoms with van der Waals surface area (Å²) >= 11 is 6.25. The van der Waals surface area contributed by atoms with Crippen LogP contribution in [0.1, 0.15) is 70.8 Å². The predicted molar refractivity (Wildman–Crippen MR) is 91.9 cm³/mol. The summed E-state index contributed by atoms with van der Waals surface area (Å²) in [5.41, 5.74) is 1.55. The lowest BCUT2D eigenvalue weighted by Crippen LogP contribution is -2.19. The van der Waals surface area contributed by atoms with Crippen LogP contribution in [-0.2, 0) is 0 Å². The Labute approximate surface area is 134 Å². The van der Waals surface area contributed by atoms with Crippen molar-refractivity contribution in [3.63, 3.8) is 0 Å². The van der Waals surface area contributed by atoms with E-state index in [4.69, 9.17) is 16.9 Å². The second-order valence-electron chi connectivity index (χ2n) is 5.64. The van der Waals surface area contributed by atoms with E-state index in [1.807, 2.05) is 6.07 Å². The molecule has 0 fully saturated rings. The standard InChI is InChI=1S/C18H27ClN2/c1-3-5-7-9-16(10-8-6-4-2)21-18-13-15(14-20)11-12-17(18)19/h11-13,16,21H,3-10H2,1-2H3. The van der Waals surface area contributed by atoms with Gasteiger partial charge >= 0.3 is 0 Å². The normalized spacial score (nSPS) is 10.6. The maximum absolute atomic E-state index is 9.01. The molecule has 2 nitrogen and oxygen atoms in total. The number of rotatable bonds is 10. The van der Waals surface area contributed by atoms with Crippen molar-refractivity contribution in [1.29, 1.82) is 5.26 Å². The van der Waals surface area contributed by atoms with Gasteiger partial charge in [-0.2, -0.15) is 5.26 Å². The molecule has 0 unspecified atom stereocenters. The fourth-order valence-corrected chi connectivity index (χ4v) is 2.67. The molecule has 0 bridgehead atoms. The number of unbranched alkanes of at least 4 members (excludes halogenated alkanes) is 4. The molecule has 1 rings (SSSR count). The van der Waals surface area contributed by atoms with Gasteiger partial charge in [0, 0.05) is 6.04 Å². The molecular weight excluding hydrogens is 280 g/mol. The summed E-state index contributed by atoms with van der Waals surface area (Å²) in [5.74, 6) is 0. The largest absolute Gasteiger partial charge is 0.381 e. The third-order valence-corrected chi connectivity index (χ3v) is 4.10. The summed E-state index contributed by atoms with van der Waals surface area (Å²) in [5, 5.41) is 13.3. The van der Waals surface area contributed by atoms with Crippen LogP contribution in [0.5, 0.6) is 0 Å². The van der Waals surface area contributed by atoms with Gasteiger partial charge in [0.1, 0.15) is 0 Å². The van der Waals surface area contributed by atoms with Crippen molar-refractivity contribution in [1.82, 2.24) is 0 Å². The van der Waals surface area contributed by atoms with E-state index >= 15 is 0 Å². The molecule has 21 heavy (non-hydrogen) atoms. The Morgan fingerprint density at radius 1 is 1.10 bits per heavy atom. The molecule has 0 atom stereocenters. The monoisotopic (exact) mass is 306 g/mol. The van der Waals surface area contributed by atoms with E-state index in [1.165, 1.54) is 51.4 Å². The van der Waals surface area contributed by atoms with E-state index in [2.05, 4.69) is 25.2 Å². The van der Waals surface area contributed by atoms with Crippen molar-refractivity contribution in [3.8, 4) is 6.07 Å². The van der Waals surface area contributed by atoms with E-state index < -0.39 is 0 Å². The number of nitriles is 1. The van der Waals surface area contributed by atoms with Crippen LogP contribution in [0.25, 0.3) is 0 Å². The number of hydrogen-bond acceptors (Lipinski definition) is 2. The zero-order valence-corrected chi connectivity index (χ0v) is 14.0. The number of nitrogens with one attached hydrogen (secondary N) is 1. The third-order valence-electron chi connectivity index (χ3n) is 3.77. The summed E-state index contributed by atoms with van der Waals surface area (Å²) in [4.78, 5) is 0. The Bertz CT molecular complexity index is 441. The molecule has 0 aromatic heterocycles. The molecule has 0 radical (unpaired) electrons. The van der Waals surface area contributed by atoms with E-state index in [-0.39, 0.29) is 0 Å². The minimum atomic E-state index is 0.453. The lowest BCUT2D eigenvalue weighted by Gasteiger charge is -2.21. The molecule has 1 aromatic carbocycles. The maximum Gasteiger partial charge on any atom is 0.0992 e. The molecule has 0 aliphatic carbocycles.